The molecule has 1 heterocycles. The molecule has 0 atom stereocenters. The summed E-state index contributed by atoms with van der Waals surface area (Å²) in [4.78, 5) is 36.7. The molecule has 0 aliphatic rings. The van der Waals surface area contributed by atoms with Gasteiger partial charge in [-0.25, -0.2) is 4.79 Å². The number of nitrogens with two attached hydrogens (primary N) is 1. The number of carbonyl (C=O) groups excluding carboxylic acids is 1. The van der Waals surface area contributed by atoms with Crippen molar-refractivity contribution < 1.29 is 4.79 Å². The first-order chi connectivity index (χ1) is 11.3. The average Bonchev–Trinajstić information content (AvgIpc) is 2.57. The molecule has 0 unspecified atom stereocenters. The topological polar surface area (TPSA) is 111 Å². The second kappa shape index (κ2) is 6.68. The molecule has 7 nitrogen and oxygen atoms in total. The van der Waals surface area contributed by atoms with Crippen molar-refractivity contribution in [2.45, 2.75) is 0 Å². The maximum absolute atomic E-state index is 12.6. The highest BCUT2D eigenvalue weighted by atomic mass is 79.9. The summed E-state index contributed by atoms with van der Waals surface area (Å²) < 4.78 is 2.45. The lowest BCUT2D eigenvalue weighted by atomic mass is 10.0. The van der Waals surface area contributed by atoms with Crippen molar-refractivity contribution in [3.8, 4) is 6.07 Å². The van der Waals surface area contributed by atoms with Gasteiger partial charge in [-0.3, -0.25) is 18.7 Å². The summed E-state index contributed by atoms with van der Waals surface area (Å²) in [7, 11) is 2.59. The van der Waals surface area contributed by atoms with Crippen LogP contribution in [0.15, 0.2) is 43.9 Å². The molecular formula is C16H13BrN4O3. The van der Waals surface area contributed by atoms with Gasteiger partial charge in [0.2, 0.25) is 5.78 Å². The Morgan fingerprint density at radius 3 is 2.46 bits per heavy atom. The number of halogens is 1. The summed E-state index contributed by atoms with van der Waals surface area (Å²) in [6.45, 7) is 0. The van der Waals surface area contributed by atoms with Gasteiger partial charge in [-0.2, -0.15) is 5.26 Å². The molecule has 0 aliphatic carbocycles. The summed E-state index contributed by atoms with van der Waals surface area (Å²) in [5.41, 5.74) is 4.20. The third-order valence-corrected chi connectivity index (χ3v) is 4.23. The van der Waals surface area contributed by atoms with Crippen molar-refractivity contribution >= 4 is 33.6 Å². The molecule has 1 aromatic carbocycles. The van der Waals surface area contributed by atoms with Gasteiger partial charge < -0.3 is 5.73 Å². The Balaban J connectivity index is 2.69. The Kier molecular flexibility index (Phi) is 4.85. The number of hydrogen-bond donors (Lipinski definition) is 1. The fourth-order valence-electron chi connectivity index (χ4n) is 2.10. The van der Waals surface area contributed by atoms with E-state index in [9.17, 15) is 19.6 Å². The van der Waals surface area contributed by atoms with Crippen LogP contribution in [0.1, 0.15) is 15.9 Å². The van der Waals surface area contributed by atoms with Gasteiger partial charge in [0, 0.05) is 18.6 Å². The number of hydrogen-bond acceptors (Lipinski definition) is 5. The fraction of sp³-hybridized carbons (Fsp3) is 0.125. The van der Waals surface area contributed by atoms with Crippen LogP contribution in [-0.2, 0) is 14.1 Å². The monoisotopic (exact) mass is 388 g/mol. The van der Waals surface area contributed by atoms with Crippen molar-refractivity contribution in [2.24, 2.45) is 14.1 Å². The zero-order valence-electron chi connectivity index (χ0n) is 12.9. The molecule has 0 radical (unpaired) electrons. The van der Waals surface area contributed by atoms with Crippen molar-refractivity contribution in [1.29, 1.82) is 5.26 Å². The predicted molar refractivity (Wildman–Crippen MR) is 93.4 cm³/mol. The van der Waals surface area contributed by atoms with Gasteiger partial charge in [-0.1, -0.05) is 34.1 Å². The first-order valence-corrected chi connectivity index (χ1v) is 7.55. The Morgan fingerprint density at radius 1 is 1.25 bits per heavy atom. The summed E-state index contributed by atoms with van der Waals surface area (Å²) in [5, 5.41) is 9.31. The lowest BCUT2D eigenvalue weighted by Crippen LogP contribution is -2.41. The first-order valence-electron chi connectivity index (χ1n) is 6.76. The number of rotatable bonds is 3. The number of carbonyl (C=O) groups is 1. The van der Waals surface area contributed by atoms with E-state index in [2.05, 4.69) is 15.9 Å². The molecule has 0 fully saturated rings. The lowest BCUT2D eigenvalue weighted by molar-refractivity contribution is 0.103. The molecule has 2 aromatic rings. The lowest BCUT2D eigenvalue weighted by Gasteiger charge is -2.10. The number of nitrogens with zero attached hydrogens (tertiary/aromatic N) is 3. The number of benzene rings is 1. The Hall–Kier alpha value is -2.92. The Bertz CT molecular complexity index is 1030. The molecule has 0 amide bonds. The van der Waals surface area contributed by atoms with Gasteiger partial charge in [0.1, 0.15) is 23.0 Å². The van der Waals surface area contributed by atoms with Crippen LogP contribution in [0.5, 0.6) is 0 Å². The van der Waals surface area contributed by atoms with E-state index in [1.807, 2.05) is 0 Å². The molecule has 2 N–H and O–H groups in total. The van der Waals surface area contributed by atoms with Crippen molar-refractivity contribution in [3.63, 3.8) is 0 Å². The molecule has 1 aromatic heterocycles. The number of Topliss-reactive ketones (excluding diaryl/α,β-unsaturated/α-hetero) is 1. The molecule has 122 valence electrons. The highest BCUT2D eigenvalue weighted by Gasteiger charge is 2.23. The van der Waals surface area contributed by atoms with E-state index in [1.54, 1.807) is 30.3 Å². The van der Waals surface area contributed by atoms with Crippen LogP contribution in [-0.4, -0.2) is 14.9 Å². The van der Waals surface area contributed by atoms with Crippen LogP contribution in [0.4, 0.5) is 5.82 Å². The summed E-state index contributed by atoms with van der Waals surface area (Å²) in [5.74, 6) is -1.11. The van der Waals surface area contributed by atoms with Gasteiger partial charge in [0.15, 0.2) is 0 Å². The van der Waals surface area contributed by atoms with Crippen LogP contribution < -0.4 is 17.0 Å². The second-order valence-corrected chi connectivity index (χ2v) is 5.84. The number of aromatic nitrogens is 2. The molecular weight excluding hydrogens is 376 g/mol. The second-order valence-electron chi connectivity index (χ2n) is 4.99. The van der Waals surface area contributed by atoms with Crippen LogP contribution in [0.25, 0.3) is 6.08 Å². The summed E-state index contributed by atoms with van der Waals surface area (Å²) in [6, 6.07) is 8.78. The van der Waals surface area contributed by atoms with E-state index in [0.29, 0.717) is 10.0 Å². The van der Waals surface area contributed by atoms with Gasteiger partial charge >= 0.3 is 5.69 Å². The number of anilines is 1. The normalized spacial score (nSPS) is 11.2. The summed E-state index contributed by atoms with van der Waals surface area (Å²) >= 11 is 3.32. The van der Waals surface area contributed by atoms with Gasteiger partial charge in [0.25, 0.3) is 5.56 Å². The minimum absolute atomic E-state index is 0.260. The number of allylic oxidation sites excluding steroid dienone is 1. The zero-order valence-corrected chi connectivity index (χ0v) is 14.5. The molecule has 0 aliphatic heterocycles. The van der Waals surface area contributed by atoms with Gasteiger partial charge in [-0.15, -0.1) is 0 Å². The zero-order chi connectivity index (χ0) is 18.0. The van der Waals surface area contributed by atoms with E-state index >= 15 is 0 Å². The maximum atomic E-state index is 12.6. The minimum atomic E-state index is -0.839. The molecule has 0 saturated heterocycles. The van der Waals surface area contributed by atoms with E-state index in [0.717, 1.165) is 9.13 Å². The van der Waals surface area contributed by atoms with Crippen molar-refractivity contribution in [3.05, 3.63) is 66.3 Å². The Labute approximate surface area is 145 Å². The maximum Gasteiger partial charge on any atom is 0.332 e. The smallest absolute Gasteiger partial charge is 0.332 e. The third-order valence-electron chi connectivity index (χ3n) is 3.51. The largest absolute Gasteiger partial charge is 0.384 e. The van der Waals surface area contributed by atoms with Gasteiger partial charge in [0.05, 0.1) is 0 Å². The average molecular weight is 389 g/mol. The highest BCUT2D eigenvalue weighted by Crippen LogP contribution is 2.20. The molecule has 0 bridgehead atoms. The van der Waals surface area contributed by atoms with E-state index in [1.165, 1.54) is 20.2 Å². The van der Waals surface area contributed by atoms with Crippen LogP contribution in [0, 0.1) is 11.3 Å². The molecule has 0 spiro atoms. The van der Waals surface area contributed by atoms with Gasteiger partial charge in [-0.05, 0) is 17.7 Å². The number of nitriles is 1. The standard InChI is InChI=1S/C16H13BrN4O3/c1-20-14(19)12(15(23)21(2)16(20)24)13(22)10(8-18)7-9-5-3-4-6-11(9)17/h3-7H,19H2,1-2H3/b10-7+. The molecule has 2 rings (SSSR count). The quantitative estimate of drug-likeness (QED) is 0.482. The fourth-order valence-corrected chi connectivity index (χ4v) is 2.50. The summed E-state index contributed by atoms with van der Waals surface area (Å²) in [6.07, 6.45) is 1.36. The van der Waals surface area contributed by atoms with E-state index < -0.39 is 22.6 Å². The molecule has 8 heteroatoms. The third kappa shape index (κ3) is 2.94. The Morgan fingerprint density at radius 2 is 1.88 bits per heavy atom. The van der Waals surface area contributed by atoms with Crippen LogP contribution in [0.2, 0.25) is 0 Å². The minimum Gasteiger partial charge on any atom is -0.384 e. The van der Waals surface area contributed by atoms with Crippen LogP contribution in [0.3, 0.4) is 0 Å². The SMILES string of the molecule is Cn1c(N)c(C(=O)/C(C#N)=C/c2ccccc2Br)c(=O)n(C)c1=O. The van der Waals surface area contributed by atoms with E-state index in [4.69, 9.17) is 5.73 Å². The molecule has 0 saturated carbocycles. The van der Waals surface area contributed by atoms with Crippen molar-refractivity contribution in [2.75, 3.05) is 5.73 Å². The van der Waals surface area contributed by atoms with Crippen molar-refractivity contribution in [1.82, 2.24) is 9.13 Å². The highest BCUT2D eigenvalue weighted by molar-refractivity contribution is 9.10. The van der Waals surface area contributed by atoms with E-state index in [-0.39, 0.29) is 11.4 Å². The predicted octanol–water partition coefficient (Wildman–Crippen LogP) is 1.22. The van der Waals surface area contributed by atoms with Crippen LogP contribution >= 0.6 is 15.9 Å². The molecule has 24 heavy (non-hydrogen) atoms. The number of nitrogen functional groups attached to an aromatic ring is 1. The number of ketones is 1. The first kappa shape index (κ1) is 17.4.